The number of unbranched alkanes of at least 4 members (excludes halogenated alkanes) is 1. The standard InChI is InChI=1S/C12H27N3/c1-2-3-5-12(6-4-8-13)7-10-15-11-9-14/h5,15H,2-4,6-11,13-14H2,1H3/b12-5-. The van der Waals surface area contributed by atoms with Crippen molar-refractivity contribution in [1.82, 2.24) is 5.32 Å². The van der Waals surface area contributed by atoms with Crippen molar-refractivity contribution in [3.63, 3.8) is 0 Å². The summed E-state index contributed by atoms with van der Waals surface area (Å²) in [7, 11) is 0. The van der Waals surface area contributed by atoms with Gasteiger partial charge in [-0.05, 0) is 38.8 Å². The van der Waals surface area contributed by atoms with Crippen LogP contribution in [-0.2, 0) is 0 Å². The van der Waals surface area contributed by atoms with Crippen LogP contribution in [0.25, 0.3) is 0 Å². The molecular weight excluding hydrogens is 186 g/mol. The van der Waals surface area contributed by atoms with Gasteiger partial charge in [-0.1, -0.05) is 25.0 Å². The maximum Gasteiger partial charge on any atom is 0.00746 e. The van der Waals surface area contributed by atoms with Crippen LogP contribution in [-0.4, -0.2) is 26.2 Å². The number of allylic oxidation sites excluding steroid dienone is 1. The third-order valence-corrected chi connectivity index (χ3v) is 2.37. The molecule has 0 aromatic heterocycles. The van der Waals surface area contributed by atoms with E-state index >= 15 is 0 Å². The van der Waals surface area contributed by atoms with Crippen molar-refractivity contribution in [3.05, 3.63) is 11.6 Å². The quantitative estimate of drug-likeness (QED) is 0.379. The Morgan fingerprint density at radius 1 is 1.13 bits per heavy atom. The van der Waals surface area contributed by atoms with E-state index in [4.69, 9.17) is 11.5 Å². The van der Waals surface area contributed by atoms with Gasteiger partial charge in [0.1, 0.15) is 0 Å². The van der Waals surface area contributed by atoms with Crippen molar-refractivity contribution in [2.45, 2.75) is 39.0 Å². The first-order chi connectivity index (χ1) is 7.35. The Balaban J connectivity index is 3.69. The van der Waals surface area contributed by atoms with E-state index < -0.39 is 0 Å². The Labute approximate surface area is 94.3 Å². The Morgan fingerprint density at radius 2 is 1.93 bits per heavy atom. The lowest BCUT2D eigenvalue weighted by Crippen LogP contribution is -2.23. The first-order valence-electron chi connectivity index (χ1n) is 6.13. The Bertz CT molecular complexity index is 155. The molecule has 0 aromatic rings. The zero-order valence-electron chi connectivity index (χ0n) is 10.1. The summed E-state index contributed by atoms with van der Waals surface area (Å²) in [6, 6.07) is 0. The molecule has 0 fully saturated rings. The van der Waals surface area contributed by atoms with Crippen LogP contribution in [0.2, 0.25) is 0 Å². The molecule has 0 aliphatic heterocycles. The second-order valence-corrected chi connectivity index (χ2v) is 3.83. The smallest absolute Gasteiger partial charge is 0.00746 e. The molecule has 0 unspecified atom stereocenters. The molecule has 0 rings (SSSR count). The van der Waals surface area contributed by atoms with Crippen LogP contribution in [0.1, 0.15) is 39.0 Å². The van der Waals surface area contributed by atoms with E-state index in [0.717, 1.165) is 45.4 Å². The average molecular weight is 213 g/mol. The fourth-order valence-electron chi connectivity index (χ4n) is 1.48. The van der Waals surface area contributed by atoms with Gasteiger partial charge in [0.2, 0.25) is 0 Å². The van der Waals surface area contributed by atoms with E-state index in [2.05, 4.69) is 18.3 Å². The molecule has 5 N–H and O–H groups in total. The van der Waals surface area contributed by atoms with Gasteiger partial charge >= 0.3 is 0 Å². The lowest BCUT2D eigenvalue weighted by Gasteiger charge is -2.08. The van der Waals surface area contributed by atoms with Crippen molar-refractivity contribution >= 4 is 0 Å². The monoisotopic (exact) mass is 213 g/mol. The summed E-state index contributed by atoms with van der Waals surface area (Å²) in [5.74, 6) is 0. The molecule has 0 aliphatic carbocycles. The highest BCUT2D eigenvalue weighted by molar-refractivity contribution is 5.02. The topological polar surface area (TPSA) is 64.1 Å². The molecular formula is C12H27N3. The van der Waals surface area contributed by atoms with Crippen LogP contribution < -0.4 is 16.8 Å². The number of hydrogen-bond donors (Lipinski definition) is 3. The van der Waals surface area contributed by atoms with Gasteiger partial charge in [0.05, 0.1) is 0 Å². The van der Waals surface area contributed by atoms with Crippen molar-refractivity contribution < 1.29 is 0 Å². The molecule has 3 nitrogen and oxygen atoms in total. The van der Waals surface area contributed by atoms with Gasteiger partial charge in [0.15, 0.2) is 0 Å². The number of rotatable bonds is 10. The average Bonchev–Trinajstić information content (AvgIpc) is 2.27. The summed E-state index contributed by atoms with van der Waals surface area (Å²) >= 11 is 0. The van der Waals surface area contributed by atoms with Gasteiger partial charge in [-0.15, -0.1) is 0 Å². The molecule has 0 aliphatic rings. The first kappa shape index (κ1) is 14.6. The predicted molar refractivity (Wildman–Crippen MR) is 67.8 cm³/mol. The molecule has 0 saturated heterocycles. The van der Waals surface area contributed by atoms with E-state index in [0.29, 0.717) is 0 Å². The summed E-state index contributed by atoms with van der Waals surface area (Å²) in [6.45, 7) is 5.68. The van der Waals surface area contributed by atoms with Gasteiger partial charge in [-0.2, -0.15) is 0 Å². The highest BCUT2D eigenvalue weighted by Gasteiger charge is 1.96. The zero-order chi connectivity index (χ0) is 11.4. The van der Waals surface area contributed by atoms with Crippen molar-refractivity contribution in [2.75, 3.05) is 26.2 Å². The van der Waals surface area contributed by atoms with E-state index in [1.54, 1.807) is 5.57 Å². The molecule has 0 aromatic carbocycles. The van der Waals surface area contributed by atoms with Gasteiger partial charge in [-0.3, -0.25) is 0 Å². The maximum atomic E-state index is 5.52. The summed E-state index contributed by atoms with van der Waals surface area (Å²) in [5.41, 5.74) is 12.5. The molecule has 0 heterocycles. The van der Waals surface area contributed by atoms with E-state index in [9.17, 15) is 0 Å². The molecule has 0 radical (unpaired) electrons. The zero-order valence-corrected chi connectivity index (χ0v) is 10.1. The third-order valence-electron chi connectivity index (χ3n) is 2.37. The molecule has 0 spiro atoms. The predicted octanol–water partition coefficient (Wildman–Crippen LogP) is 1.39. The van der Waals surface area contributed by atoms with Crippen LogP contribution in [0, 0.1) is 0 Å². The molecule has 3 heteroatoms. The summed E-state index contributed by atoms with van der Waals surface area (Å²) < 4.78 is 0. The van der Waals surface area contributed by atoms with Crippen LogP contribution >= 0.6 is 0 Å². The van der Waals surface area contributed by atoms with Crippen LogP contribution in [0.5, 0.6) is 0 Å². The third kappa shape index (κ3) is 9.91. The molecule has 0 atom stereocenters. The summed E-state index contributed by atoms with van der Waals surface area (Å²) in [5, 5.41) is 3.32. The van der Waals surface area contributed by atoms with Crippen molar-refractivity contribution in [3.8, 4) is 0 Å². The highest BCUT2D eigenvalue weighted by atomic mass is 14.9. The van der Waals surface area contributed by atoms with Crippen molar-refractivity contribution in [2.24, 2.45) is 11.5 Å². The van der Waals surface area contributed by atoms with Gasteiger partial charge in [0, 0.05) is 13.1 Å². The molecule has 0 saturated carbocycles. The Kier molecular flexibility index (Phi) is 11.4. The van der Waals surface area contributed by atoms with Gasteiger partial charge in [0.25, 0.3) is 0 Å². The minimum atomic E-state index is 0.719. The molecule has 0 amide bonds. The lowest BCUT2D eigenvalue weighted by molar-refractivity contribution is 0.665. The summed E-state index contributed by atoms with van der Waals surface area (Å²) in [6.07, 6.45) is 8.19. The highest BCUT2D eigenvalue weighted by Crippen LogP contribution is 2.10. The number of nitrogens with one attached hydrogen (secondary N) is 1. The Hall–Kier alpha value is -0.380. The van der Waals surface area contributed by atoms with E-state index in [1.165, 1.54) is 12.8 Å². The number of hydrogen-bond acceptors (Lipinski definition) is 3. The maximum absolute atomic E-state index is 5.52. The fourth-order valence-corrected chi connectivity index (χ4v) is 1.48. The van der Waals surface area contributed by atoms with Gasteiger partial charge in [-0.25, -0.2) is 0 Å². The molecule has 15 heavy (non-hydrogen) atoms. The fraction of sp³-hybridized carbons (Fsp3) is 0.833. The van der Waals surface area contributed by atoms with Gasteiger partial charge < -0.3 is 16.8 Å². The minimum absolute atomic E-state index is 0.719. The largest absolute Gasteiger partial charge is 0.330 e. The lowest BCUT2D eigenvalue weighted by atomic mass is 10.0. The van der Waals surface area contributed by atoms with Crippen LogP contribution in [0.15, 0.2) is 11.6 Å². The van der Waals surface area contributed by atoms with Crippen molar-refractivity contribution in [1.29, 1.82) is 0 Å². The van der Waals surface area contributed by atoms with E-state index in [-0.39, 0.29) is 0 Å². The Morgan fingerprint density at radius 3 is 2.53 bits per heavy atom. The first-order valence-corrected chi connectivity index (χ1v) is 6.13. The van der Waals surface area contributed by atoms with Crippen LogP contribution in [0.3, 0.4) is 0 Å². The van der Waals surface area contributed by atoms with E-state index in [1.807, 2.05) is 0 Å². The molecule has 0 bridgehead atoms. The SMILES string of the molecule is CCC/C=C(/CCCN)CCNCCN. The second kappa shape index (κ2) is 11.7. The normalized spacial score (nSPS) is 12.1. The number of nitrogens with two attached hydrogens (primary N) is 2. The van der Waals surface area contributed by atoms with Crippen LogP contribution in [0.4, 0.5) is 0 Å². The molecule has 90 valence electrons. The summed E-state index contributed by atoms with van der Waals surface area (Å²) in [4.78, 5) is 0. The minimum Gasteiger partial charge on any atom is -0.330 e. The second-order valence-electron chi connectivity index (χ2n) is 3.83.